The Morgan fingerprint density at radius 2 is 2.16 bits per heavy atom. The number of amides is 1. The van der Waals surface area contributed by atoms with E-state index < -0.39 is 0 Å². The van der Waals surface area contributed by atoms with E-state index in [1.54, 1.807) is 0 Å². The van der Waals surface area contributed by atoms with Gasteiger partial charge in [-0.1, -0.05) is 11.5 Å². The molecule has 1 fully saturated rings. The van der Waals surface area contributed by atoms with Gasteiger partial charge in [-0.15, -0.1) is 4.80 Å². The molecular formula is C15H11N7O2S. The molecule has 1 aliphatic carbocycles. The highest BCUT2D eigenvalue weighted by atomic mass is 32.1. The van der Waals surface area contributed by atoms with Crippen molar-refractivity contribution < 1.29 is 4.79 Å². The molecule has 2 N–H and O–H groups in total. The Hall–Kier alpha value is -3.32. The Kier molecular flexibility index (Phi) is 3.62. The molecule has 0 aliphatic heterocycles. The van der Waals surface area contributed by atoms with Gasteiger partial charge < -0.3 is 5.32 Å². The summed E-state index contributed by atoms with van der Waals surface area (Å²) in [4.78, 5) is 30.1. The van der Waals surface area contributed by atoms with Crippen LogP contribution in [0.3, 0.4) is 0 Å². The lowest BCUT2D eigenvalue weighted by Crippen LogP contribution is -2.15. The SMILES string of the molecule is N#Cc1cc(NC(=O)c2s[nH]c(=O)c2C2CC2)cnc1-n1nccn1. The van der Waals surface area contributed by atoms with Crippen LogP contribution in [-0.4, -0.2) is 30.3 Å². The number of aromatic nitrogens is 5. The normalized spacial score (nSPS) is 13.4. The fraction of sp³-hybridized carbons (Fsp3) is 0.200. The monoisotopic (exact) mass is 353 g/mol. The summed E-state index contributed by atoms with van der Waals surface area (Å²) < 4.78 is 2.61. The number of hydrogen-bond acceptors (Lipinski definition) is 7. The Morgan fingerprint density at radius 3 is 2.84 bits per heavy atom. The standard InChI is InChI=1S/C15H11N7O2S/c16-6-9-5-10(7-17-13(9)22-18-3-4-19-22)20-15(24)12-11(8-1-2-8)14(23)21-25-12/h3-5,7-8H,1-2H2,(H,20,24)(H,21,23). The quantitative estimate of drug-likeness (QED) is 0.729. The van der Waals surface area contributed by atoms with E-state index >= 15 is 0 Å². The van der Waals surface area contributed by atoms with E-state index in [9.17, 15) is 14.9 Å². The van der Waals surface area contributed by atoms with Crippen LogP contribution in [0.4, 0.5) is 5.69 Å². The fourth-order valence-electron chi connectivity index (χ4n) is 2.50. The molecule has 4 rings (SSSR count). The van der Waals surface area contributed by atoms with E-state index in [2.05, 4.69) is 24.9 Å². The molecule has 1 amide bonds. The number of carbonyl (C=O) groups excluding carboxylic acids is 1. The highest BCUT2D eigenvalue weighted by Gasteiger charge is 2.32. The highest BCUT2D eigenvalue weighted by molar-refractivity contribution is 7.08. The number of nitrogens with zero attached hydrogens (tertiary/aromatic N) is 5. The van der Waals surface area contributed by atoms with Crippen molar-refractivity contribution in [2.24, 2.45) is 0 Å². The van der Waals surface area contributed by atoms with Crippen molar-refractivity contribution in [1.29, 1.82) is 5.26 Å². The minimum Gasteiger partial charge on any atom is -0.320 e. The van der Waals surface area contributed by atoms with Gasteiger partial charge in [0.15, 0.2) is 5.82 Å². The first-order valence-electron chi connectivity index (χ1n) is 7.47. The van der Waals surface area contributed by atoms with Crippen LogP contribution in [-0.2, 0) is 0 Å². The molecule has 0 saturated heterocycles. The van der Waals surface area contributed by atoms with E-state index in [1.807, 2.05) is 6.07 Å². The molecule has 1 aliphatic rings. The lowest BCUT2D eigenvalue weighted by atomic mass is 10.1. The van der Waals surface area contributed by atoms with Crippen LogP contribution in [0.1, 0.15) is 39.6 Å². The van der Waals surface area contributed by atoms with Crippen molar-refractivity contribution in [3.63, 3.8) is 0 Å². The molecule has 0 spiro atoms. The molecule has 25 heavy (non-hydrogen) atoms. The summed E-state index contributed by atoms with van der Waals surface area (Å²) >= 11 is 1.02. The van der Waals surface area contributed by atoms with Crippen LogP contribution >= 0.6 is 11.5 Å². The van der Waals surface area contributed by atoms with E-state index in [4.69, 9.17) is 0 Å². The maximum Gasteiger partial charge on any atom is 0.267 e. The minimum atomic E-state index is -0.388. The molecule has 1 saturated carbocycles. The van der Waals surface area contributed by atoms with Gasteiger partial charge in [-0.3, -0.25) is 14.0 Å². The number of nitrogens with one attached hydrogen (secondary N) is 2. The lowest BCUT2D eigenvalue weighted by molar-refractivity contribution is 0.102. The van der Waals surface area contributed by atoms with Crippen molar-refractivity contribution in [1.82, 2.24) is 24.4 Å². The number of hydrogen-bond donors (Lipinski definition) is 2. The average molecular weight is 353 g/mol. The third-order valence-corrected chi connectivity index (χ3v) is 4.68. The Labute approximate surface area is 145 Å². The maximum absolute atomic E-state index is 12.5. The van der Waals surface area contributed by atoms with Crippen LogP contribution < -0.4 is 10.9 Å². The van der Waals surface area contributed by atoms with Gasteiger partial charge in [-0.2, -0.15) is 15.5 Å². The molecule has 0 atom stereocenters. The van der Waals surface area contributed by atoms with Gasteiger partial charge in [-0.05, 0) is 24.8 Å². The summed E-state index contributed by atoms with van der Waals surface area (Å²) in [6.45, 7) is 0. The number of carbonyl (C=O) groups is 1. The van der Waals surface area contributed by atoms with E-state index in [0.29, 0.717) is 16.1 Å². The topological polar surface area (TPSA) is 129 Å². The van der Waals surface area contributed by atoms with Crippen LogP contribution in [0.15, 0.2) is 29.5 Å². The van der Waals surface area contributed by atoms with Gasteiger partial charge in [0.25, 0.3) is 11.5 Å². The molecule has 0 radical (unpaired) electrons. The van der Waals surface area contributed by atoms with Crippen molar-refractivity contribution >= 4 is 23.1 Å². The first kappa shape index (κ1) is 15.2. The molecule has 9 nitrogen and oxygen atoms in total. The van der Waals surface area contributed by atoms with Gasteiger partial charge in [0, 0.05) is 5.56 Å². The molecule has 10 heteroatoms. The molecule has 3 aromatic rings. The van der Waals surface area contributed by atoms with Gasteiger partial charge in [0.05, 0.1) is 24.3 Å². The van der Waals surface area contributed by atoms with E-state index in [-0.39, 0.29) is 28.8 Å². The number of pyridine rings is 1. The minimum absolute atomic E-state index is 0.164. The zero-order chi connectivity index (χ0) is 17.4. The van der Waals surface area contributed by atoms with Gasteiger partial charge in [0.2, 0.25) is 0 Å². The maximum atomic E-state index is 12.5. The van der Waals surface area contributed by atoms with Crippen molar-refractivity contribution in [3.8, 4) is 11.9 Å². The van der Waals surface area contributed by atoms with Crippen LogP contribution in [0.2, 0.25) is 0 Å². The Morgan fingerprint density at radius 1 is 1.40 bits per heavy atom. The summed E-state index contributed by atoms with van der Waals surface area (Å²) in [5, 5.41) is 19.9. The number of H-pyrrole nitrogens is 1. The molecule has 124 valence electrons. The second-order valence-corrected chi connectivity index (χ2v) is 6.35. The Bertz CT molecular complexity index is 1040. The van der Waals surface area contributed by atoms with Crippen LogP contribution in [0.25, 0.3) is 5.82 Å². The predicted molar refractivity (Wildman–Crippen MR) is 88.7 cm³/mol. The third-order valence-electron chi connectivity index (χ3n) is 3.78. The van der Waals surface area contributed by atoms with Crippen molar-refractivity contribution in [3.05, 3.63) is 51.0 Å². The van der Waals surface area contributed by atoms with Crippen LogP contribution in [0.5, 0.6) is 0 Å². The van der Waals surface area contributed by atoms with E-state index in [1.165, 1.54) is 29.5 Å². The summed E-state index contributed by atoms with van der Waals surface area (Å²) in [7, 11) is 0. The van der Waals surface area contributed by atoms with Gasteiger partial charge in [0.1, 0.15) is 16.5 Å². The average Bonchev–Trinajstić information content (AvgIpc) is 3.15. The fourth-order valence-corrected chi connectivity index (χ4v) is 3.32. The molecule has 3 aromatic heterocycles. The van der Waals surface area contributed by atoms with Gasteiger partial charge in [-0.25, -0.2) is 4.98 Å². The number of aromatic amines is 1. The summed E-state index contributed by atoms with van der Waals surface area (Å²) in [6.07, 6.45) is 6.22. The highest BCUT2D eigenvalue weighted by Crippen LogP contribution is 2.40. The van der Waals surface area contributed by atoms with E-state index in [0.717, 1.165) is 24.4 Å². The summed E-state index contributed by atoms with van der Waals surface area (Å²) in [6, 6.07) is 3.51. The molecule has 0 unspecified atom stereocenters. The lowest BCUT2D eigenvalue weighted by Gasteiger charge is -2.07. The Balaban J connectivity index is 1.62. The largest absolute Gasteiger partial charge is 0.320 e. The summed E-state index contributed by atoms with van der Waals surface area (Å²) in [5.74, 6) is 0.0492. The number of nitriles is 1. The number of anilines is 1. The first-order valence-corrected chi connectivity index (χ1v) is 8.28. The summed E-state index contributed by atoms with van der Waals surface area (Å²) in [5.41, 5.74) is 0.931. The third kappa shape index (κ3) is 2.81. The molecule has 0 aromatic carbocycles. The second-order valence-electron chi connectivity index (χ2n) is 5.53. The molecule has 0 bridgehead atoms. The second kappa shape index (κ2) is 5.95. The van der Waals surface area contributed by atoms with Gasteiger partial charge >= 0.3 is 0 Å². The zero-order valence-corrected chi connectivity index (χ0v) is 13.6. The van der Waals surface area contributed by atoms with Crippen molar-refractivity contribution in [2.75, 3.05) is 5.32 Å². The molecule has 3 heterocycles. The van der Waals surface area contributed by atoms with Crippen molar-refractivity contribution in [2.45, 2.75) is 18.8 Å². The molecular weight excluding hydrogens is 342 g/mol. The zero-order valence-electron chi connectivity index (χ0n) is 12.8. The predicted octanol–water partition coefficient (Wildman–Crippen LogP) is 1.41. The number of rotatable bonds is 4. The first-order chi connectivity index (χ1) is 12.2. The van der Waals surface area contributed by atoms with Crippen LogP contribution in [0, 0.1) is 11.3 Å². The smallest absolute Gasteiger partial charge is 0.267 e.